The Morgan fingerprint density at radius 2 is 1.35 bits per heavy atom. The van der Waals surface area contributed by atoms with Crippen molar-refractivity contribution >= 4 is 11.8 Å². The van der Waals surface area contributed by atoms with Gasteiger partial charge in [-0.05, 0) is 52.2 Å². The van der Waals surface area contributed by atoms with Gasteiger partial charge in [0, 0.05) is 12.0 Å². The van der Waals surface area contributed by atoms with E-state index in [1.165, 1.54) is 0 Å². The van der Waals surface area contributed by atoms with Gasteiger partial charge in [-0.1, -0.05) is 60.7 Å². The third-order valence-electron chi connectivity index (χ3n) is 4.84. The van der Waals surface area contributed by atoms with Crippen molar-refractivity contribution in [3.05, 3.63) is 71.8 Å². The molecule has 0 heterocycles. The third-order valence-corrected chi connectivity index (χ3v) is 4.84. The summed E-state index contributed by atoms with van der Waals surface area (Å²) in [6, 6.07) is 18.8. The zero-order valence-electron chi connectivity index (χ0n) is 19.3. The maximum atomic E-state index is 13.3. The Kier molecular flexibility index (Phi) is 8.96. The molecule has 5 nitrogen and oxygen atoms in total. The average molecular weight is 426 g/mol. The van der Waals surface area contributed by atoms with Crippen LogP contribution in [0.4, 0.5) is 0 Å². The van der Waals surface area contributed by atoms with Gasteiger partial charge in [-0.3, -0.25) is 9.59 Å². The number of Topliss-reactive ketones (excluding diaryl/α,β-unsaturated/α-hetero) is 1. The van der Waals surface area contributed by atoms with Crippen LogP contribution in [0.1, 0.15) is 58.6 Å². The lowest BCUT2D eigenvalue weighted by Crippen LogP contribution is -2.54. The van der Waals surface area contributed by atoms with Crippen LogP contribution in [0.3, 0.4) is 0 Å². The molecule has 0 aliphatic heterocycles. The van der Waals surface area contributed by atoms with E-state index in [2.05, 4.69) is 5.32 Å². The van der Waals surface area contributed by atoms with Gasteiger partial charge in [0.05, 0.1) is 12.6 Å². The van der Waals surface area contributed by atoms with Crippen molar-refractivity contribution < 1.29 is 19.1 Å². The molecule has 168 valence electrons. The molecule has 0 saturated heterocycles. The topological polar surface area (TPSA) is 64.6 Å². The van der Waals surface area contributed by atoms with Gasteiger partial charge >= 0.3 is 5.97 Å². The largest absolute Gasteiger partial charge is 0.461 e. The van der Waals surface area contributed by atoms with Crippen molar-refractivity contribution in [2.75, 3.05) is 0 Å². The highest BCUT2D eigenvalue weighted by atomic mass is 16.5. The number of ketones is 1. The molecule has 0 bridgehead atoms. The lowest BCUT2D eigenvalue weighted by Gasteiger charge is -2.33. The Balaban J connectivity index is 1.95. The number of rotatable bonds is 11. The van der Waals surface area contributed by atoms with Crippen LogP contribution >= 0.6 is 0 Å². The summed E-state index contributed by atoms with van der Waals surface area (Å²) in [5.74, 6) is -0.394. The van der Waals surface area contributed by atoms with E-state index in [0.717, 1.165) is 11.1 Å². The van der Waals surface area contributed by atoms with Gasteiger partial charge in [-0.25, -0.2) is 0 Å². The number of benzene rings is 2. The first-order chi connectivity index (χ1) is 14.6. The molecule has 0 radical (unpaired) electrons. The van der Waals surface area contributed by atoms with Crippen LogP contribution in [-0.2, 0) is 32.3 Å². The van der Waals surface area contributed by atoms with E-state index in [-0.39, 0.29) is 30.3 Å². The fourth-order valence-electron chi connectivity index (χ4n) is 3.19. The summed E-state index contributed by atoms with van der Waals surface area (Å²) in [4.78, 5) is 25.6. The molecular weight excluding hydrogens is 390 g/mol. The first kappa shape index (κ1) is 24.8. The predicted molar refractivity (Wildman–Crippen MR) is 122 cm³/mol. The van der Waals surface area contributed by atoms with Gasteiger partial charge in [0.1, 0.15) is 12.2 Å². The Hall–Kier alpha value is -2.50. The first-order valence-corrected chi connectivity index (χ1v) is 10.8. The molecule has 0 aromatic heterocycles. The van der Waals surface area contributed by atoms with Crippen LogP contribution in [0.5, 0.6) is 0 Å². The summed E-state index contributed by atoms with van der Waals surface area (Å²) in [7, 11) is 0. The highest BCUT2D eigenvalue weighted by Crippen LogP contribution is 2.20. The molecule has 2 rings (SSSR count). The lowest BCUT2D eigenvalue weighted by molar-refractivity contribution is -0.147. The minimum absolute atomic E-state index is 0.0748. The van der Waals surface area contributed by atoms with E-state index in [1.54, 1.807) is 13.8 Å². The quantitative estimate of drug-likeness (QED) is 0.522. The summed E-state index contributed by atoms with van der Waals surface area (Å²) >= 11 is 0. The first-order valence-electron chi connectivity index (χ1n) is 10.8. The van der Waals surface area contributed by atoms with Crippen molar-refractivity contribution in [2.24, 2.45) is 0 Å². The second kappa shape index (κ2) is 11.2. The number of carbonyl (C=O) groups excluding carboxylic acids is 2. The Labute approximate surface area is 186 Å². The van der Waals surface area contributed by atoms with Crippen molar-refractivity contribution in [3.8, 4) is 0 Å². The summed E-state index contributed by atoms with van der Waals surface area (Å²) in [6.45, 7) is 10.1. The van der Waals surface area contributed by atoms with Crippen molar-refractivity contribution in [2.45, 2.75) is 77.9 Å². The van der Waals surface area contributed by atoms with Crippen molar-refractivity contribution in [3.63, 3.8) is 0 Å². The molecule has 0 aliphatic carbocycles. The monoisotopic (exact) mass is 425 g/mol. The van der Waals surface area contributed by atoms with Gasteiger partial charge in [-0.2, -0.15) is 0 Å². The van der Waals surface area contributed by atoms with Crippen LogP contribution in [0, 0.1) is 0 Å². The molecule has 5 heteroatoms. The van der Waals surface area contributed by atoms with E-state index >= 15 is 0 Å². The number of ether oxygens (including phenoxy) is 2. The summed E-state index contributed by atoms with van der Waals surface area (Å²) in [5, 5.41) is 3.35. The van der Waals surface area contributed by atoms with Gasteiger partial charge in [0.2, 0.25) is 0 Å². The molecule has 2 aromatic rings. The van der Waals surface area contributed by atoms with Gasteiger partial charge < -0.3 is 14.8 Å². The smallest absolute Gasteiger partial charge is 0.306 e. The SMILES string of the molecule is CC(C)(C)NC(CCC(=O)OCc1ccccc1)C(=O)C(C)(C)OCc1ccccc1. The molecule has 1 N–H and O–H groups in total. The maximum Gasteiger partial charge on any atom is 0.306 e. The Morgan fingerprint density at radius 1 is 0.839 bits per heavy atom. The Bertz CT molecular complexity index is 825. The summed E-state index contributed by atoms with van der Waals surface area (Å²) in [5.41, 5.74) is 0.663. The Morgan fingerprint density at radius 3 is 1.87 bits per heavy atom. The number of hydrogen-bond donors (Lipinski definition) is 1. The van der Waals surface area contributed by atoms with Crippen LogP contribution in [0.15, 0.2) is 60.7 Å². The predicted octanol–water partition coefficient (Wildman–Crippen LogP) is 4.83. The molecule has 1 unspecified atom stereocenters. The van der Waals surface area contributed by atoms with Gasteiger partial charge in [0.25, 0.3) is 0 Å². The van der Waals surface area contributed by atoms with Gasteiger partial charge in [-0.15, -0.1) is 0 Å². The van der Waals surface area contributed by atoms with E-state index in [9.17, 15) is 9.59 Å². The molecule has 0 fully saturated rings. The van der Waals surface area contributed by atoms with Gasteiger partial charge in [0.15, 0.2) is 5.78 Å². The van der Waals surface area contributed by atoms with E-state index < -0.39 is 11.6 Å². The summed E-state index contributed by atoms with van der Waals surface area (Å²) in [6.07, 6.45) is 0.503. The molecule has 0 saturated carbocycles. The average Bonchev–Trinajstić information content (AvgIpc) is 2.74. The van der Waals surface area contributed by atoms with Crippen LogP contribution in [0.2, 0.25) is 0 Å². The van der Waals surface area contributed by atoms with E-state index in [1.807, 2.05) is 81.4 Å². The van der Waals surface area contributed by atoms with E-state index in [4.69, 9.17) is 9.47 Å². The zero-order valence-corrected chi connectivity index (χ0v) is 19.3. The van der Waals surface area contributed by atoms with Crippen LogP contribution < -0.4 is 5.32 Å². The standard InChI is InChI=1S/C26H35NO4/c1-25(2,3)27-22(16-17-23(28)30-18-20-12-8-6-9-13-20)24(29)26(4,5)31-19-21-14-10-7-11-15-21/h6-15,22,27H,16-19H2,1-5H3. The molecule has 0 aliphatic rings. The molecular formula is C26H35NO4. The second-order valence-corrected chi connectivity index (χ2v) is 9.28. The second-order valence-electron chi connectivity index (χ2n) is 9.28. The fourth-order valence-corrected chi connectivity index (χ4v) is 3.19. The molecule has 0 spiro atoms. The number of hydrogen-bond acceptors (Lipinski definition) is 5. The minimum atomic E-state index is -0.993. The molecule has 31 heavy (non-hydrogen) atoms. The number of esters is 1. The normalized spacial score (nSPS) is 12.9. The summed E-state index contributed by atoms with van der Waals surface area (Å²) < 4.78 is 11.3. The third kappa shape index (κ3) is 9.03. The maximum absolute atomic E-state index is 13.3. The molecule has 2 aromatic carbocycles. The van der Waals surface area contributed by atoms with E-state index in [0.29, 0.717) is 13.0 Å². The van der Waals surface area contributed by atoms with Crippen LogP contribution in [-0.4, -0.2) is 28.9 Å². The lowest BCUT2D eigenvalue weighted by atomic mass is 9.91. The minimum Gasteiger partial charge on any atom is -0.461 e. The van der Waals surface area contributed by atoms with Crippen molar-refractivity contribution in [1.29, 1.82) is 0 Å². The highest BCUT2D eigenvalue weighted by Gasteiger charge is 2.36. The molecule has 0 amide bonds. The molecule has 1 atom stereocenters. The van der Waals surface area contributed by atoms with Crippen LogP contribution in [0.25, 0.3) is 0 Å². The fraction of sp³-hybridized carbons (Fsp3) is 0.462. The highest BCUT2D eigenvalue weighted by molar-refractivity contribution is 5.91. The van der Waals surface area contributed by atoms with Crippen molar-refractivity contribution in [1.82, 2.24) is 5.32 Å². The number of carbonyl (C=O) groups is 2. The number of nitrogens with one attached hydrogen (secondary N) is 1. The zero-order chi connectivity index (χ0) is 22.9.